The number of anilines is 1. The van der Waals surface area contributed by atoms with E-state index in [4.69, 9.17) is 22.1 Å². The van der Waals surface area contributed by atoms with Crippen LogP contribution in [0.1, 0.15) is 16.7 Å². The van der Waals surface area contributed by atoms with Crippen LogP contribution in [0.15, 0.2) is 36.4 Å². The van der Waals surface area contributed by atoms with Gasteiger partial charge in [0.15, 0.2) is 5.75 Å². The zero-order valence-corrected chi connectivity index (χ0v) is 11.3. The van der Waals surface area contributed by atoms with E-state index in [2.05, 4.69) is 26.0 Å². The number of halogens is 1. The average Bonchev–Trinajstić information content (AvgIpc) is 2.31. The highest BCUT2D eigenvalue weighted by molar-refractivity contribution is 6.32. The maximum absolute atomic E-state index is 6.07. The monoisotopic (exact) mass is 261 g/mol. The molecule has 2 nitrogen and oxygen atoms in total. The maximum atomic E-state index is 6.07. The van der Waals surface area contributed by atoms with E-state index < -0.39 is 0 Å². The lowest BCUT2D eigenvalue weighted by molar-refractivity contribution is 0.306. The quantitative estimate of drug-likeness (QED) is 0.844. The number of nitrogens with two attached hydrogens (primary N) is 1. The minimum Gasteiger partial charge on any atom is -0.485 e. The topological polar surface area (TPSA) is 35.2 Å². The molecule has 18 heavy (non-hydrogen) atoms. The Bertz CT molecular complexity index is 474. The second-order valence-electron chi connectivity index (χ2n) is 4.32. The molecule has 0 saturated carbocycles. The molecule has 3 heteroatoms. The molecule has 2 rings (SSSR count). The van der Waals surface area contributed by atoms with E-state index in [9.17, 15) is 0 Å². The predicted molar refractivity (Wildman–Crippen MR) is 76.1 cm³/mol. The summed E-state index contributed by atoms with van der Waals surface area (Å²) in [6, 6.07) is 11.6. The van der Waals surface area contributed by atoms with E-state index in [0.29, 0.717) is 23.1 Å². The minimum atomic E-state index is 0.479. The third-order valence-corrected chi connectivity index (χ3v) is 3.30. The number of aryl methyl sites for hydroxylation is 2. The molecule has 0 aliphatic rings. The van der Waals surface area contributed by atoms with Gasteiger partial charge in [-0.1, -0.05) is 35.9 Å². The predicted octanol–water partition coefficient (Wildman–Crippen LogP) is 4.12. The van der Waals surface area contributed by atoms with Gasteiger partial charge >= 0.3 is 0 Å². The van der Waals surface area contributed by atoms with Crippen molar-refractivity contribution in [3.63, 3.8) is 0 Å². The van der Waals surface area contributed by atoms with Crippen molar-refractivity contribution in [1.29, 1.82) is 0 Å². The molecular formula is C15H16ClNO. The van der Waals surface area contributed by atoms with Crippen LogP contribution < -0.4 is 10.5 Å². The molecule has 94 valence electrons. The lowest BCUT2D eigenvalue weighted by atomic mass is 10.0. The zero-order valence-electron chi connectivity index (χ0n) is 10.5. The summed E-state index contributed by atoms with van der Waals surface area (Å²) in [7, 11) is 0. The maximum Gasteiger partial charge on any atom is 0.161 e. The Morgan fingerprint density at radius 2 is 1.67 bits per heavy atom. The number of hydrogen-bond donors (Lipinski definition) is 1. The summed E-state index contributed by atoms with van der Waals surface area (Å²) in [4.78, 5) is 0. The van der Waals surface area contributed by atoms with Crippen LogP contribution in [-0.2, 0) is 6.61 Å². The van der Waals surface area contributed by atoms with Crippen LogP contribution in [0.25, 0.3) is 0 Å². The second-order valence-corrected chi connectivity index (χ2v) is 4.72. The molecule has 0 spiro atoms. The Kier molecular flexibility index (Phi) is 3.78. The van der Waals surface area contributed by atoms with Crippen molar-refractivity contribution in [2.24, 2.45) is 0 Å². The first-order valence-corrected chi connectivity index (χ1v) is 6.19. The number of rotatable bonds is 3. The second kappa shape index (κ2) is 5.32. The molecule has 0 bridgehead atoms. The first-order valence-electron chi connectivity index (χ1n) is 5.81. The summed E-state index contributed by atoms with van der Waals surface area (Å²) in [6.07, 6.45) is 0. The highest BCUT2D eigenvalue weighted by atomic mass is 35.5. The third kappa shape index (κ3) is 2.59. The van der Waals surface area contributed by atoms with Gasteiger partial charge in [-0.15, -0.1) is 0 Å². The van der Waals surface area contributed by atoms with Gasteiger partial charge in [0.25, 0.3) is 0 Å². The summed E-state index contributed by atoms with van der Waals surface area (Å²) in [5, 5.41) is 0.543. The molecule has 0 aliphatic heterocycles. The van der Waals surface area contributed by atoms with Gasteiger partial charge in [0.05, 0.1) is 10.7 Å². The fourth-order valence-corrected chi connectivity index (χ4v) is 2.14. The van der Waals surface area contributed by atoms with Crippen LogP contribution >= 0.6 is 11.6 Å². The van der Waals surface area contributed by atoms with Gasteiger partial charge < -0.3 is 10.5 Å². The molecule has 0 amide bonds. The van der Waals surface area contributed by atoms with Crippen LogP contribution in [0, 0.1) is 13.8 Å². The molecular weight excluding hydrogens is 246 g/mol. The van der Waals surface area contributed by atoms with Crippen LogP contribution in [0.4, 0.5) is 5.69 Å². The van der Waals surface area contributed by atoms with E-state index in [1.807, 2.05) is 12.1 Å². The molecule has 0 aliphatic carbocycles. The Hall–Kier alpha value is -1.67. The number of ether oxygens (including phenoxy) is 1. The minimum absolute atomic E-state index is 0.479. The SMILES string of the molecule is Cc1cccc(C)c1COc1c(N)cccc1Cl. The van der Waals surface area contributed by atoms with Crippen molar-refractivity contribution < 1.29 is 4.74 Å². The molecule has 0 aromatic heterocycles. The highest BCUT2D eigenvalue weighted by Crippen LogP contribution is 2.31. The number of hydrogen-bond acceptors (Lipinski definition) is 2. The van der Waals surface area contributed by atoms with Crippen molar-refractivity contribution >= 4 is 17.3 Å². The van der Waals surface area contributed by atoms with E-state index in [-0.39, 0.29) is 0 Å². The molecule has 0 saturated heterocycles. The van der Waals surface area contributed by atoms with Gasteiger partial charge in [-0.25, -0.2) is 0 Å². The van der Waals surface area contributed by atoms with Crippen LogP contribution in [0.5, 0.6) is 5.75 Å². The number of para-hydroxylation sites is 1. The van der Waals surface area contributed by atoms with Crippen molar-refractivity contribution in [1.82, 2.24) is 0 Å². The molecule has 0 unspecified atom stereocenters. The summed E-state index contributed by atoms with van der Waals surface area (Å²) >= 11 is 6.07. The van der Waals surface area contributed by atoms with Gasteiger partial charge in [0.1, 0.15) is 6.61 Å². The molecule has 0 atom stereocenters. The smallest absolute Gasteiger partial charge is 0.161 e. The third-order valence-electron chi connectivity index (χ3n) is 3.00. The van der Waals surface area contributed by atoms with Crippen LogP contribution in [0.2, 0.25) is 5.02 Å². The molecule has 0 fully saturated rings. The van der Waals surface area contributed by atoms with Crippen LogP contribution in [-0.4, -0.2) is 0 Å². The fraction of sp³-hybridized carbons (Fsp3) is 0.200. The summed E-state index contributed by atoms with van der Waals surface area (Å²) in [6.45, 7) is 4.62. The summed E-state index contributed by atoms with van der Waals surface area (Å²) in [5.41, 5.74) is 10.0. The van der Waals surface area contributed by atoms with E-state index >= 15 is 0 Å². The van der Waals surface area contributed by atoms with Gasteiger partial charge in [-0.3, -0.25) is 0 Å². The van der Waals surface area contributed by atoms with Gasteiger partial charge in [-0.05, 0) is 42.7 Å². The summed E-state index contributed by atoms with van der Waals surface area (Å²) in [5.74, 6) is 0.557. The fourth-order valence-electron chi connectivity index (χ4n) is 1.90. The van der Waals surface area contributed by atoms with Gasteiger partial charge in [0, 0.05) is 0 Å². The summed E-state index contributed by atoms with van der Waals surface area (Å²) < 4.78 is 5.76. The molecule has 2 aromatic carbocycles. The van der Waals surface area contributed by atoms with E-state index in [0.717, 1.165) is 0 Å². The standard InChI is InChI=1S/C15H16ClNO/c1-10-5-3-6-11(2)12(10)9-18-15-13(16)7-4-8-14(15)17/h3-8H,9,17H2,1-2H3. The Balaban J connectivity index is 2.22. The Morgan fingerprint density at radius 1 is 1.06 bits per heavy atom. The van der Waals surface area contributed by atoms with Crippen LogP contribution in [0.3, 0.4) is 0 Å². The largest absolute Gasteiger partial charge is 0.485 e. The number of benzene rings is 2. The first-order chi connectivity index (χ1) is 8.59. The first kappa shape index (κ1) is 12.8. The van der Waals surface area contributed by atoms with Crippen molar-refractivity contribution in [2.45, 2.75) is 20.5 Å². The van der Waals surface area contributed by atoms with E-state index in [1.165, 1.54) is 16.7 Å². The average molecular weight is 262 g/mol. The lowest BCUT2D eigenvalue weighted by Crippen LogP contribution is -2.02. The normalized spacial score (nSPS) is 10.4. The molecule has 2 aromatic rings. The van der Waals surface area contributed by atoms with Crippen molar-refractivity contribution in [3.05, 3.63) is 58.1 Å². The Morgan fingerprint density at radius 3 is 2.28 bits per heavy atom. The molecule has 0 heterocycles. The van der Waals surface area contributed by atoms with Gasteiger partial charge in [-0.2, -0.15) is 0 Å². The van der Waals surface area contributed by atoms with Crippen molar-refractivity contribution in [2.75, 3.05) is 5.73 Å². The molecule has 2 N–H and O–H groups in total. The van der Waals surface area contributed by atoms with Crippen molar-refractivity contribution in [3.8, 4) is 5.75 Å². The van der Waals surface area contributed by atoms with E-state index in [1.54, 1.807) is 12.1 Å². The number of nitrogen functional groups attached to an aromatic ring is 1. The highest BCUT2D eigenvalue weighted by Gasteiger charge is 2.08. The van der Waals surface area contributed by atoms with Gasteiger partial charge in [0.2, 0.25) is 0 Å². The Labute approximate surface area is 112 Å². The molecule has 0 radical (unpaired) electrons. The zero-order chi connectivity index (χ0) is 13.1. The lowest BCUT2D eigenvalue weighted by Gasteiger charge is -2.13.